The van der Waals surface area contributed by atoms with Crippen LogP contribution in [-0.4, -0.2) is 8.42 Å². The number of sulfonamides is 1. The molecule has 0 aromatic heterocycles. The van der Waals surface area contributed by atoms with E-state index >= 15 is 0 Å². The smallest absolute Gasteiger partial charge is 0.241 e. The minimum Gasteiger partial charge on any atom is -0.309 e. The molecule has 4 nitrogen and oxygen atoms in total. The third-order valence-electron chi connectivity index (χ3n) is 3.88. The van der Waals surface area contributed by atoms with Crippen molar-refractivity contribution in [2.24, 2.45) is 0 Å². The first-order valence-corrected chi connectivity index (χ1v) is 9.31. The monoisotopic (exact) mass is 380 g/mol. The zero-order valence-corrected chi connectivity index (χ0v) is 14.6. The molecular weight excluding hydrogens is 364 g/mol. The van der Waals surface area contributed by atoms with Crippen molar-refractivity contribution < 1.29 is 8.42 Å². The summed E-state index contributed by atoms with van der Waals surface area (Å²) >= 11 is 3.37. The number of rotatable bonds is 4. The lowest BCUT2D eigenvalue weighted by Gasteiger charge is -2.11. The van der Waals surface area contributed by atoms with Crippen LogP contribution in [0.25, 0.3) is 0 Å². The highest BCUT2D eigenvalue weighted by Crippen LogP contribution is 2.23. The molecule has 1 aliphatic heterocycles. The van der Waals surface area contributed by atoms with Crippen LogP contribution >= 0.6 is 15.9 Å². The number of hydrogen-bond acceptors (Lipinski definition) is 3. The first-order chi connectivity index (χ1) is 10.5. The fourth-order valence-electron chi connectivity index (χ4n) is 2.59. The van der Waals surface area contributed by atoms with Gasteiger partial charge in [0.2, 0.25) is 10.0 Å². The molecule has 0 unspecified atom stereocenters. The largest absolute Gasteiger partial charge is 0.309 e. The average molecular weight is 381 g/mol. The van der Waals surface area contributed by atoms with E-state index < -0.39 is 10.0 Å². The Morgan fingerprint density at radius 3 is 2.77 bits per heavy atom. The molecule has 0 amide bonds. The van der Waals surface area contributed by atoms with E-state index in [4.69, 9.17) is 0 Å². The number of halogens is 1. The minimum atomic E-state index is -3.52. The van der Waals surface area contributed by atoms with Crippen molar-refractivity contribution in [2.45, 2.75) is 31.5 Å². The third-order valence-corrected chi connectivity index (χ3v) is 6.28. The quantitative estimate of drug-likeness (QED) is 0.857. The van der Waals surface area contributed by atoms with Gasteiger partial charge in [0.05, 0.1) is 4.90 Å². The molecule has 0 aliphatic carbocycles. The van der Waals surface area contributed by atoms with Crippen molar-refractivity contribution in [1.29, 1.82) is 0 Å². The predicted octanol–water partition coefficient (Wildman–Crippen LogP) is 2.84. The molecule has 0 fully saturated rings. The van der Waals surface area contributed by atoms with Crippen molar-refractivity contribution in [3.63, 3.8) is 0 Å². The zero-order chi connectivity index (χ0) is 15.7. The molecular formula is C16H17BrN2O2S. The SMILES string of the molecule is Cc1c(Br)cccc1S(=O)(=O)NCc1ccc2c(c1)CNC2. The number of fused-ring (bicyclic) bond motifs is 1. The highest BCUT2D eigenvalue weighted by atomic mass is 79.9. The lowest BCUT2D eigenvalue weighted by molar-refractivity contribution is 0.580. The fourth-order valence-corrected chi connectivity index (χ4v) is 4.37. The van der Waals surface area contributed by atoms with Crippen LogP contribution in [0.15, 0.2) is 45.8 Å². The molecule has 6 heteroatoms. The van der Waals surface area contributed by atoms with Gasteiger partial charge in [0.1, 0.15) is 0 Å². The van der Waals surface area contributed by atoms with Crippen molar-refractivity contribution in [3.8, 4) is 0 Å². The Balaban J connectivity index is 1.79. The van der Waals surface area contributed by atoms with Gasteiger partial charge in [0.25, 0.3) is 0 Å². The molecule has 2 N–H and O–H groups in total. The Bertz CT molecular complexity index is 819. The van der Waals surface area contributed by atoms with E-state index in [0.29, 0.717) is 17.0 Å². The van der Waals surface area contributed by atoms with Crippen molar-refractivity contribution in [1.82, 2.24) is 10.0 Å². The molecule has 22 heavy (non-hydrogen) atoms. The number of nitrogens with one attached hydrogen (secondary N) is 2. The Morgan fingerprint density at radius 2 is 1.95 bits per heavy atom. The Morgan fingerprint density at radius 1 is 1.18 bits per heavy atom. The maximum absolute atomic E-state index is 12.5. The second-order valence-corrected chi connectivity index (χ2v) is 7.98. The first kappa shape index (κ1) is 15.7. The Hall–Kier alpha value is -1.21. The summed E-state index contributed by atoms with van der Waals surface area (Å²) in [4.78, 5) is 0.310. The third kappa shape index (κ3) is 3.10. The maximum Gasteiger partial charge on any atom is 0.241 e. The van der Waals surface area contributed by atoms with E-state index in [-0.39, 0.29) is 0 Å². The fraction of sp³-hybridized carbons (Fsp3) is 0.250. The predicted molar refractivity (Wildman–Crippen MR) is 89.9 cm³/mol. The molecule has 0 bridgehead atoms. The normalized spacial score (nSPS) is 14.1. The molecule has 2 aromatic rings. The standard InChI is InChI=1S/C16H17BrN2O2S/c1-11-15(17)3-2-4-16(11)22(20,21)19-8-12-5-6-13-9-18-10-14(13)7-12/h2-7,18-19H,8-10H2,1H3. The highest BCUT2D eigenvalue weighted by Gasteiger charge is 2.18. The van der Waals surface area contributed by atoms with Crippen LogP contribution in [0.4, 0.5) is 0 Å². The van der Waals surface area contributed by atoms with E-state index in [1.54, 1.807) is 19.1 Å². The topological polar surface area (TPSA) is 58.2 Å². The van der Waals surface area contributed by atoms with Crippen molar-refractivity contribution in [3.05, 3.63) is 63.1 Å². The molecule has 0 saturated heterocycles. The summed E-state index contributed by atoms with van der Waals surface area (Å²) in [7, 11) is -3.52. The maximum atomic E-state index is 12.5. The van der Waals surface area contributed by atoms with Crippen LogP contribution in [0.3, 0.4) is 0 Å². The van der Waals surface area contributed by atoms with E-state index in [9.17, 15) is 8.42 Å². The molecule has 3 rings (SSSR count). The van der Waals surface area contributed by atoms with Crippen LogP contribution in [0.2, 0.25) is 0 Å². The zero-order valence-electron chi connectivity index (χ0n) is 12.2. The Labute approximate surface area is 139 Å². The summed E-state index contributed by atoms with van der Waals surface area (Å²) in [6.07, 6.45) is 0. The van der Waals surface area contributed by atoms with Gasteiger partial charge in [-0.2, -0.15) is 0 Å². The molecule has 0 radical (unpaired) electrons. The Kier molecular flexibility index (Phi) is 4.36. The summed E-state index contributed by atoms with van der Waals surface area (Å²) in [6.45, 7) is 3.82. The average Bonchev–Trinajstić information content (AvgIpc) is 2.95. The van der Waals surface area contributed by atoms with Gasteiger partial charge in [-0.15, -0.1) is 0 Å². The van der Waals surface area contributed by atoms with E-state index in [0.717, 1.165) is 23.1 Å². The van der Waals surface area contributed by atoms with Gasteiger partial charge in [-0.1, -0.05) is 40.2 Å². The van der Waals surface area contributed by atoms with Crippen LogP contribution in [0.1, 0.15) is 22.3 Å². The van der Waals surface area contributed by atoms with Gasteiger partial charge < -0.3 is 5.32 Å². The van der Waals surface area contributed by atoms with Crippen LogP contribution in [0.5, 0.6) is 0 Å². The van der Waals surface area contributed by atoms with Gasteiger partial charge in [-0.3, -0.25) is 0 Å². The summed E-state index contributed by atoms with van der Waals surface area (Å²) in [5, 5.41) is 3.28. The second-order valence-electron chi connectivity index (χ2n) is 5.39. The molecule has 1 heterocycles. The minimum absolute atomic E-state index is 0.293. The molecule has 0 atom stereocenters. The second kappa shape index (κ2) is 6.12. The van der Waals surface area contributed by atoms with Crippen LogP contribution in [-0.2, 0) is 29.7 Å². The first-order valence-electron chi connectivity index (χ1n) is 7.03. The summed E-state index contributed by atoms with van der Waals surface area (Å²) in [6, 6.07) is 11.3. The van der Waals surface area contributed by atoms with Gasteiger partial charge in [-0.05, 0) is 41.3 Å². The molecule has 2 aromatic carbocycles. The van der Waals surface area contributed by atoms with Gasteiger partial charge in [0, 0.05) is 24.1 Å². The molecule has 0 spiro atoms. The summed E-state index contributed by atoms with van der Waals surface area (Å²) in [5.41, 5.74) is 4.22. The van der Waals surface area contributed by atoms with Crippen LogP contribution < -0.4 is 10.0 Å². The number of hydrogen-bond donors (Lipinski definition) is 2. The highest BCUT2D eigenvalue weighted by molar-refractivity contribution is 9.10. The van der Waals surface area contributed by atoms with Crippen LogP contribution in [0, 0.1) is 6.92 Å². The van der Waals surface area contributed by atoms with Gasteiger partial charge in [-0.25, -0.2) is 13.1 Å². The molecule has 1 aliphatic rings. The lowest BCUT2D eigenvalue weighted by atomic mass is 10.1. The number of benzene rings is 2. The van der Waals surface area contributed by atoms with Crippen molar-refractivity contribution >= 4 is 26.0 Å². The van der Waals surface area contributed by atoms with E-state index in [1.807, 2.05) is 12.1 Å². The van der Waals surface area contributed by atoms with Gasteiger partial charge in [0.15, 0.2) is 0 Å². The van der Waals surface area contributed by atoms with Crippen molar-refractivity contribution in [2.75, 3.05) is 0 Å². The summed E-state index contributed by atoms with van der Waals surface area (Å²) < 4.78 is 28.4. The molecule has 0 saturated carbocycles. The van der Waals surface area contributed by atoms with E-state index in [1.165, 1.54) is 11.1 Å². The van der Waals surface area contributed by atoms with E-state index in [2.05, 4.69) is 38.1 Å². The lowest BCUT2D eigenvalue weighted by Crippen LogP contribution is -2.24. The van der Waals surface area contributed by atoms with Gasteiger partial charge >= 0.3 is 0 Å². The molecule has 116 valence electrons. The summed E-state index contributed by atoms with van der Waals surface area (Å²) in [5.74, 6) is 0.